The van der Waals surface area contributed by atoms with Crippen LogP contribution in [-0.4, -0.2) is 57.6 Å². The fourth-order valence-corrected chi connectivity index (χ4v) is 5.68. The highest BCUT2D eigenvalue weighted by Gasteiger charge is 2.33. The lowest BCUT2D eigenvalue weighted by atomic mass is 10.0. The Morgan fingerprint density at radius 1 is 0.902 bits per heavy atom. The number of hydrogen-bond acceptors (Lipinski definition) is 5. The molecule has 0 radical (unpaired) electrons. The molecule has 0 aliphatic carbocycles. The Bertz CT molecular complexity index is 1420. The summed E-state index contributed by atoms with van der Waals surface area (Å²) >= 11 is 0. The first-order valence-electron chi connectivity index (χ1n) is 13.7. The zero-order valence-corrected chi connectivity index (χ0v) is 25.6. The molecule has 0 aliphatic rings. The molecule has 1 N–H and O–H groups in total. The van der Waals surface area contributed by atoms with E-state index in [-0.39, 0.29) is 24.8 Å². The summed E-state index contributed by atoms with van der Waals surface area (Å²) in [5, 5.41) is 2.99. The van der Waals surface area contributed by atoms with E-state index in [1.807, 2.05) is 94.4 Å². The van der Waals surface area contributed by atoms with E-state index in [2.05, 4.69) is 5.32 Å². The molecule has 0 aliphatic heterocycles. The first kappa shape index (κ1) is 31.7. The van der Waals surface area contributed by atoms with Crippen LogP contribution in [0.2, 0.25) is 0 Å². The van der Waals surface area contributed by atoms with E-state index >= 15 is 0 Å². The second-order valence-electron chi connectivity index (χ2n) is 10.7. The number of carbonyl (C=O) groups is 2. The standard InChI is InChI=1S/C32H41N3O5S/c1-23(2)20-33-32(37)29(19-26-14-8-7-9-15-26)34(21-27-16-11-17-28(18-27)40-5)30(36)22-35(41(6,38)39)31-24(3)12-10-13-25(31)4/h7-18,23,29H,19-22H2,1-6H3,(H,33,37)/t29-/m0/s1. The number of nitrogens with one attached hydrogen (secondary N) is 1. The van der Waals surface area contributed by atoms with Crippen molar-refractivity contribution in [2.45, 2.75) is 46.7 Å². The van der Waals surface area contributed by atoms with Gasteiger partial charge in [0.05, 0.1) is 19.1 Å². The summed E-state index contributed by atoms with van der Waals surface area (Å²) in [5.74, 6) is 0.0500. The molecule has 0 bridgehead atoms. The zero-order chi connectivity index (χ0) is 30.2. The zero-order valence-electron chi connectivity index (χ0n) is 24.8. The monoisotopic (exact) mass is 579 g/mol. The molecule has 1 atom stereocenters. The quantitative estimate of drug-likeness (QED) is 0.322. The van der Waals surface area contributed by atoms with Gasteiger partial charge >= 0.3 is 0 Å². The molecule has 8 nitrogen and oxygen atoms in total. The lowest BCUT2D eigenvalue weighted by Crippen LogP contribution is -2.53. The third-order valence-corrected chi connectivity index (χ3v) is 7.92. The summed E-state index contributed by atoms with van der Waals surface area (Å²) in [6.45, 7) is 7.72. The van der Waals surface area contributed by atoms with Crippen LogP contribution in [0.25, 0.3) is 0 Å². The van der Waals surface area contributed by atoms with Gasteiger partial charge in [0.2, 0.25) is 21.8 Å². The minimum atomic E-state index is -3.84. The number of amides is 2. The Balaban J connectivity index is 2.10. The number of ether oxygens (including phenoxy) is 1. The predicted octanol–water partition coefficient (Wildman–Crippen LogP) is 4.49. The lowest BCUT2D eigenvalue weighted by molar-refractivity contribution is -0.140. The van der Waals surface area contributed by atoms with Crippen molar-refractivity contribution >= 4 is 27.5 Å². The van der Waals surface area contributed by atoms with Gasteiger partial charge in [-0.25, -0.2) is 8.42 Å². The molecule has 3 aromatic carbocycles. The van der Waals surface area contributed by atoms with Gasteiger partial charge < -0.3 is 15.0 Å². The molecule has 0 saturated heterocycles. The summed E-state index contributed by atoms with van der Waals surface area (Å²) < 4.78 is 32.7. The molecule has 3 rings (SSSR count). The minimum absolute atomic E-state index is 0.0903. The molecule has 0 saturated carbocycles. The summed E-state index contributed by atoms with van der Waals surface area (Å²) in [5.41, 5.74) is 3.57. The number of para-hydroxylation sites is 1. The molecule has 2 amide bonds. The van der Waals surface area contributed by atoms with Crippen molar-refractivity contribution in [1.82, 2.24) is 10.2 Å². The van der Waals surface area contributed by atoms with Crippen LogP contribution in [-0.2, 0) is 32.6 Å². The van der Waals surface area contributed by atoms with Crippen molar-refractivity contribution in [3.05, 3.63) is 95.1 Å². The van der Waals surface area contributed by atoms with Crippen LogP contribution in [0, 0.1) is 19.8 Å². The number of hydrogen-bond donors (Lipinski definition) is 1. The fraction of sp³-hybridized carbons (Fsp3) is 0.375. The van der Waals surface area contributed by atoms with Gasteiger partial charge in [-0.2, -0.15) is 0 Å². The molecule has 0 unspecified atom stereocenters. The largest absolute Gasteiger partial charge is 0.497 e. The Hall–Kier alpha value is -3.85. The molecule has 0 heterocycles. The number of methoxy groups -OCH3 is 1. The van der Waals surface area contributed by atoms with Gasteiger partial charge in [-0.15, -0.1) is 0 Å². The summed E-state index contributed by atoms with van der Waals surface area (Å²) in [6.07, 6.45) is 1.36. The van der Waals surface area contributed by atoms with Gasteiger partial charge in [-0.3, -0.25) is 13.9 Å². The number of benzene rings is 3. The number of aryl methyl sites for hydroxylation is 2. The number of anilines is 1. The summed E-state index contributed by atoms with van der Waals surface area (Å²) in [6, 6.07) is 21.4. The Morgan fingerprint density at radius 2 is 1.51 bits per heavy atom. The molecule has 9 heteroatoms. The maximum atomic E-state index is 14.2. The van der Waals surface area contributed by atoms with E-state index in [0.717, 1.165) is 32.8 Å². The summed E-state index contributed by atoms with van der Waals surface area (Å²) in [4.78, 5) is 29.4. The van der Waals surface area contributed by atoms with Crippen LogP contribution in [0.5, 0.6) is 5.75 Å². The van der Waals surface area contributed by atoms with Crippen molar-refractivity contribution < 1.29 is 22.7 Å². The molecule has 3 aromatic rings. The summed E-state index contributed by atoms with van der Waals surface area (Å²) in [7, 11) is -2.27. The number of carbonyl (C=O) groups excluding carboxylic acids is 2. The van der Waals surface area contributed by atoms with Gasteiger partial charge in [0.15, 0.2) is 0 Å². The van der Waals surface area contributed by atoms with Gasteiger partial charge in [-0.05, 0) is 54.2 Å². The average Bonchev–Trinajstić information content (AvgIpc) is 2.93. The van der Waals surface area contributed by atoms with Crippen molar-refractivity contribution in [3.63, 3.8) is 0 Å². The maximum Gasteiger partial charge on any atom is 0.244 e. The topological polar surface area (TPSA) is 96.0 Å². The number of rotatable bonds is 13. The second-order valence-corrected chi connectivity index (χ2v) is 12.6. The van der Waals surface area contributed by atoms with E-state index < -0.39 is 28.5 Å². The third kappa shape index (κ3) is 8.82. The molecule has 0 spiro atoms. The van der Waals surface area contributed by atoms with Gasteiger partial charge in [0.25, 0.3) is 0 Å². The van der Waals surface area contributed by atoms with Gasteiger partial charge in [0.1, 0.15) is 18.3 Å². The van der Waals surface area contributed by atoms with Crippen LogP contribution in [0.4, 0.5) is 5.69 Å². The Labute approximate surface area is 244 Å². The van der Waals surface area contributed by atoms with E-state index in [9.17, 15) is 18.0 Å². The van der Waals surface area contributed by atoms with Crippen LogP contribution < -0.4 is 14.4 Å². The van der Waals surface area contributed by atoms with E-state index in [4.69, 9.17) is 4.74 Å². The average molecular weight is 580 g/mol. The van der Waals surface area contributed by atoms with E-state index in [1.54, 1.807) is 13.2 Å². The van der Waals surface area contributed by atoms with Crippen molar-refractivity contribution in [2.75, 3.05) is 30.8 Å². The molecular weight excluding hydrogens is 538 g/mol. The first-order valence-corrected chi connectivity index (χ1v) is 15.5. The highest BCUT2D eigenvalue weighted by Crippen LogP contribution is 2.27. The highest BCUT2D eigenvalue weighted by atomic mass is 32.2. The normalized spacial score (nSPS) is 12.1. The van der Waals surface area contributed by atoms with Crippen molar-refractivity contribution in [3.8, 4) is 5.75 Å². The fourth-order valence-electron chi connectivity index (χ4n) is 4.72. The Morgan fingerprint density at radius 3 is 2.10 bits per heavy atom. The smallest absolute Gasteiger partial charge is 0.244 e. The highest BCUT2D eigenvalue weighted by molar-refractivity contribution is 7.92. The van der Waals surface area contributed by atoms with E-state index in [1.165, 1.54) is 4.90 Å². The van der Waals surface area contributed by atoms with Crippen LogP contribution in [0.1, 0.15) is 36.1 Å². The molecule has 0 aromatic heterocycles. The van der Waals surface area contributed by atoms with Gasteiger partial charge in [-0.1, -0.05) is 74.5 Å². The second kappa shape index (κ2) is 14.2. The molecule has 41 heavy (non-hydrogen) atoms. The van der Waals surface area contributed by atoms with Crippen molar-refractivity contribution in [1.29, 1.82) is 0 Å². The van der Waals surface area contributed by atoms with Gasteiger partial charge in [0, 0.05) is 19.5 Å². The molecule has 220 valence electrons. The van der Waals surface area contributed by atoms with Crippen LogP contribution >= 0.6 is 0 Å². The Kier molecular flexibility index (Phi) is 10.9. The SMILES string of the molecule is COc1cccc(CN(C(=O)CN(c2c(C)cccc2C)S(C)(=O)=O)[C@@H](Cc2ccccc2)C(=O)NCC(C)C)c1. The first-order chi connectivity index (χ1) is 19.4. The van der Waals surface area contributed by atoms with Crippen LogP contribution in [0.3, 0.4) is 0 Å². The number of sulfonamides is 1. The lowest BCUT2D eigenvalue weighted by Gasteiger charge is -2.34. The van der Waals surface area contributed by atoms with Crippen molar-refractivity contribution in [2.24, 2.45) is 5.92 Å². The predicted molar refractivity (Wildman–Crippen MR) is 163 cm³/mol. The molecule has 0 fully saturated rings. The van der Waals surface area contributed by atoms with E-state index in [0.29, 0.717) is 18.0 Å². The maximum absolute atomic E-state index is 14.2. The third-order valence-electron chi connectivity index (χ3n) is 6.81. The molecular formula is C32H41N3O5S. The minimum Gasteiger partial charge on any atom is -0.497 e. The number of nitrogens with zero attached hydrogens (tertiary/aromatic N) is 2. The van der Waals surface area contributed by atoms with Crippen LogP contribution in [0.15, 0.2) is 72.8 Å².